The summed E-state index contributed by atoms with van der Waals surface area (Å²) in [4.78, 5) is 27.5. The fourth-order valence-corrected chi connectivity index (χ4v) is 5.24. The second-order valence-corrected chi connectivity index (χ2v) is 8.48. The highest BCUT2D eigenvalue weighted by Crippen LogP contribution is 2.30. The van der Waals surface area contributed by atoms with E-state index >= 15 is 0 Å². The van der Waals surface area contributed by atoms with Crippen LogP contribution in [0.15, 0.2) is 6.20 Å². The fourth-order valence-electron chi connectivity index (χ4n) is 5.24. The number of fused-ring (bicyclic) bond motifs is 3. The molecule has 28 heavy (non-hydrogen) atoms. The average Bonchev–Trinajstić information content (AvgIpc) is 3.15. The molecule has 0 aliphatic carbocycles. The minimum atomic E-state index is -0.982. The number of carboxylic acid groups (broad SMARTS) is 1. The van der Waals surface area contributed by atoms with E-state index < -0.39 is 11.9 Å². The fraction of sp³-hybridized carbons (Fsp3) is 0.789. The standard InChI is InChI=1S/C19H29N5O4/c1-28-12-15-9-24(21-20-15)10-16-8-14-4-7-23(16)11-17(14)18(25)22-5-2-13(3-6-22)19(26)27/h9,13-14,16-17H,2-8,10-12H2,1H3,(H,26,27)/t14-,16+,17-/m0/s1. The summed E-state index contributed by atoms with van der Waals surface area (Å²) in [5.74, 6) is -0.684. The van der Waals surface area contributed by atoms with E-state index in [1.165, 1.54) is 4.90 Å². The lowest BCUT2D eigenvalue weighted by Crippen LogP contribution is -3.20. The molecule has 2 bridgehead atoms. The van der Waals surface area contributed by atoms with Crippen molar-refractivity contribution in [3.63, 3.8) is 0 Å². The van der Waals surface area contributed by atoms with E-state index in [9.17, 15) is 14.7 Å². The molecule has 154 valence electrons. The number of carboxylic acids is 1. The number of carbonyl (C=O) groups is 2. The van der Waals surface area contributed by atoms with Gasteiger partial charge in [-0.25, -0.2) is 4.68 Å². The first-order valence-corrected chi connectivity index (χ1v) is 10.3. The van der Waals surface area contributed by atoms with Gasteiger partial charge in [0.2, 0.25) is 5.91 Å². The number of ether oxygens (including phenoxy) is 1. The summed E-state index contributed by atoms with van der Waals surface area (Å²) in [7, 11) is 1.65. The highest BCUT2D eigenvalue weighted by atomic mass is 16.5. The molecule has 5 heterocycles. The largest absolute Gasteiger partial charge is 0.550 e. The highest BCUT2D eigenvalue weighted by molar-refractivity contribution is 5.80. The topological polar surface area (TPSA) is 105 Å². The Morgan fingerprint density at radius 2 is 2.11 bits per heavy atom. The molecule has 9 heteroatoms. The molecule has 9 nitrogen and oxygen atoms in total. The zero-order valence-corrected chi connectivity index (χ0v) is 16.4. The molecule has 0 spiro atoms. The van der Waals surface area contributed by atoms with E-state index in [0.717, 1.165) is 38.2 Å². The zero-order chi connectivity index (χ0) is 19.7. The van der Waals surface area contributed by atoms with Crippen molar-refractivity contribution in [1.29, 1.82) is 0 Å². The molecule has 0 radical (unpaired) electrons. The molecule has 1 aromatic heterocycles. The van der Waals surface area contributed by atoms with E-state index in [4.69, 9.17) is 4.74 Å². The normalized spacial score (nSPS) is 30.5. The first-order chi connectivity index (χ1) is 13.5. The number of aromatic nitrogens is 3. The SMILES string of the molecule is COCc1cn(C[C@H]2C[C@@H]3CC[NH+]2C[C@@H]3C(=O)N2CCC(C(=O)[O-])CC2)nn1. The van der Waals surface area contributed by atoms with E-state index in [1.807, 2.05) is 15.8 Å². The van der Waals surface area contributed by atoms with Crippen molar-refractivity contribution < 1.29 is 24.3 Å². The Kier molecular flexibility index (Phi) is 5.63. The van der Waals surface area contributed by atoms with Crippen LogP contribution < -0.4 is 10.0 Å². The Balaban J connectivity index is 1.33. The number of nitrogens with one attached hydrogen (secondary N) is 1. The monoisotopic (exact) mass is 391 g/mol. The number of rotatable bonds is 6. The van der Waals surface area contributed by atoms with Gasteiger partial charge in [-0.3, -0.25) is 4.79 Å². The Hall–Kier alpha value is -2.00. The summed E-state index contributed by atoms with van der Waals surface area (Å²) >= 11 is 0. The van der Waals surface area contributed by atoms with Crippen molar-refractivity contribution in [2.45, 2.75) is 44.9 Å². The van der Waals surface area contributed by atoms with Gasteiger partial charge in [0.15, 0.2) is 0 Å². The van der Waals surface area contributed by atoms with Gasteiger partial charge in [-0.1, -0.05) is 5.21 Å². The van der Waals surface area contributed by atoms with E-state index in [2.05, 4.69) is 10.3 Å². The summed E-state index contributed by atoms with van der Waals surface area (Å²) in [6, 6.07) is 0.462. The zero-order valence-electron chi connectivity index (χ0n) is 16.4. The van der Waals surface area contributed by atoms with Gasteiger partial charge in [-0.2, -0.15) is 0 Å². The molecule has 1 amide bonds. The molecular weight excluding hydrogens is 362 g/mol. The number of aliphatic carboxylic acids is 1. The Bertz CT molecular complexity index is 715. The molecule has 1 N–H and O–H groups in total. The average molecular weight is 391 g/mol. The van der Waals surface area contributed by atoms with Gasteiger partial charge in [0.25, 0.3) is 0 Å². The molecule has 1 aromatic rings. The van der Waals surface area contributed by atoms with Crippen LogP contribution in [0.1, 0.15) is 31.4 Å². The van der Waals surface area contributed by atoms with Crippen LogP contribution >= 0.6 is 0 Å². The predicted octanol–water partition coefficient (Wildman–Crippen LogP) is -2.29. The Labute approximate surface area is 164 Å². The van der Waals surface area contributed by atoms with Gasteiger partial charge >= 0.3 is 0 Å². The van der Waals surface area contributed by atoms with Gasteiger partial charge in [0.05, 0.1) is 38.4 Å². The number of likely N-dealkylation sites (tertiary alicyclic amines) is 1. The summed E-state index contributed by atoms with van der Waals surface area (Å²) in [5, 5.41) is 19.4. The Morgan fingerprint density at radius 1 is 1.32 bits per heavy atom. The van der Waals surface area contributed by atoms with Gasteiger partial charge < -0.3 is 24.4 Å². The second-order valence-electron chi connectivity index (χ2n) is 8.48. The maximum Gasteiger partial charge on any atom is 0.231 e. The molecule has 0 aromatic carbocycles. The van der Waals surface area contributed by atoms with Crippen LogP contribution in [0.5, 0.6) is 0 Å². The Morgan fingerprint density at radius 3 is 2.75 bits per heavy atom. The number of methoxy groups -OCH3 is 1. The number of quaternary nitrogens is 1. The van der Waals surface area contributed by atoms with E-state index in [-0.39, 0.29) is 11.8 Å². The quantitative estimate of drug-likeness (QED) is 0.585. The van der Waals surface area contributed by atoms with Gasteiger partial charge in [-0.15, -0.1) is 5.10 Å². The van der Waals surface area contributed by atoms with Crippen molar-refractivity contribution in [2.24, 2.45) is 17.8 Å². The summed E-state index contributed by atoms with van der Waals surface area (Å²) in [6.45, 7) is 4.34. The van der Waals surface area contributed by atoms with E-state index in [0.29, 0.717) is 44.5 Å². The number of carbonyl (C=O) groups excluding carboxylic acids is 2. The summed E-state index contributed by atoms with van der Waals surface area (Å²) in [5.41, 5.74) is 0.835. The lowest BCUT2D eigenvalue weighted by atomic mass is 9.74. The number of hydrogen-bond acceptors (Lipinski definition) is 6. The van der Waals surface area contributed by atoms with Crippen LogP contribution in [0.25, 0.3) is 0 Å². The van der Waals surface area contributed by atoms with Crippen LogP contribution in [-0.4, -0.2) is 71.1 Å². The van der Waals surface area contributed by atoms with Crippen molar-refractivity contribution in [2.75, 3.05) is 33.3 Å². The minimum absolute atomic E-state index is 0.0688. The maximum atomic E-state index is 13.1. The third-order valence-corrected chi connectivity index (χ3v) is 6.79. The molecule has 4 atom stereocenters. The summed E-state index contributed by atoms with van der Waals surface area (Å²) in [6.07, 6.45) is 5.09. The van der Waals surface area contributed by atoms with Crippen molar-refractivity contribution in [1.82, 2.24) is 19.9 Å². The molecule has 4 aliphatic rings. The van der Waals surface area contributed by atoms with Crippen LogP contribution in [0, 0.1) is 17.8 Å². The smallest absolute Gasteiger partial charge is 0.231 e. The number of amides is 1. The molecule has 4 aliphatic heterocycles. The summed E-state index contributed by atoms with van der Waals surface area (Å²) < 4.78 is 7.00. The number of nitrogens with zero attached hydrogens (tertiary/aromatic N) is 4. The molecule has 0 saturated carbocycles. The molecule has 5 rings (SSSR count). The van der Waals surface area contributed by atoms with Crippen molar-refractivity contribution in [3.8, 4) is 0 Å². The molecule has 4 fully saturated rings. The van der Waals surface area contributed by atoms with Crippen LogP contribution in [-0.2, 0) is 27.5 Å². The third-order valence-electron chi connectivity index (χ3n) is 6.79. The number of piperidine rings is 4. The minimum Gasteiger partial charge on any atom is -0.550 e. The van der Waals surface area contributed by atoms with Gasteiger partial charge in [0, 0.05) is 44.9 Å². The van der Waals surface area contributed by atoms with Gasteiger partial charge in [-0.05, 0) is 18.8 Å². The van der Waals surface area contributed by atoms with Crippen molar-refractivity contribution >= 4 is 11.9 Å². The number of hydrogen-bond donors (Lipinski definition) is 1. The maximum absolute atomic E-state index is 13.1. The lowest BCUT2D eigenvalue weighted by Gasteiger charge is -2.47. The van der Waals surface area contributed by atoms with Crippen LogP contribution in [0.4, 0.5) is 0 Å². The van der Waals surface area contributed by atoms with Crippen LogP contribution in [0.2, 0.25) is 0 Å². The van der Waals surface area contributed by atoms with Crippen LogP contribution in [0.3, 0.4) is 0 Å². The molecular formula is C19H29N5O4. The lowest BCUT2D eigenvalue weighted by molar-refractivity contribution is -0.945. The second kappa shape index (κ2) is 8.16. The van der Waals surface area contributed by atoms with Crippen molar-refractivity contribution in [3.05, 3.63) is 11.9 Å². The predicted molar refractivity (Wildman–Crippen MR) is 95.7 cm³/mol. The highest BCUT2D eigenvalue weighted by Gasteiger charge is 2.47. The van der Waals surface area contributed by atoms with E-state index in [1.54, 1.807) is 7.11 Å². The first kappa shape index (κ1) is 19.3. The molecule has 4 saturated heterocycles. The first-order valence-electron chi connectivity index (χ1n) is 10.3. The molecule has 1 unspecified atom stereocenters. The van der Waals surface area contributed by atoms with Gasteiger partial charge in [0.1, 0.15) is 11.7 Å². The third kappa shape index (κ3) is 3.91.